The van der Waals surface area contributed by atoms with Gasteiger partial charge in [0.15, 0.2) is 6.61 Å². The van der Waals surface area contributed by atoms with Gasteiger partial charge >= 0.3 is 5.97 Å². The van der Waals surface area contributed by atoms with Gasteiger partial charge in [0.05, 0.1) is 12.7 Å². The maximum atomic E-state index is 12.8. The van der Waals surface area contributed by atoms with Crippen molar-refractivity contribution in [2.75, 3.05) is 20.2 Å². The van der Waals surface area contributed by atoms with Crippen LogP contribution in [-0.4, -0.2) is 49.1 Å². The molecule has 9 nitrogen and oxygen atoms in total. The lowest BCUT2D eigenvalue weighted by Gasteiger charge is -2.18. The molecule has 0 bridgehead atoms. The van der Waals surface area contributed by atoms with Crippen LogP contribution in [0.15, 0.2) is 27.5 Å². The summed E-state index contributed by atoms with van der Waals surface area (Å²) in [5, 5.41) is 7.37. The number of aryl methyl sites for hydroxylation is 1. The molecule has 0 aliphatic carbocycles. The quantitative estimate of drug-likeness (QED) is 0.693. The second kappa shape index (κ2) is 7.42. The van der Waals surface area contributed by atoms with E-state index in [1.165, 1.54) is 29.6 Å². The average molecular weight is 381 g/mol. The van der Waals surface area contributed by atoms with E-state index in [9.17, 15) is 13.2 Å². The average Bonchev–Trinajstić information content (AvgIpc) is 3.31. The standard InChI is InChI=1S/C16H19N3O6S/c1-11-17-18-15(25-11)10-24-16(20)12-5-6-13(23-2)14(9-12)26(21,22)19-7-3-4-8-19/h5-6,9H,3-4,7-8,10H2,1-2H3. The summed E-state index contributed by atoms with van der Waals surface area (Å²) in [4.78, 5) is 12.2. The summed E-state index contributed by atoms with van der Waals surface area (Å²) in [6.07, 6.45) is 1.62. The Labute approximate surface area is 151 Å². The van der Waals surface area contributed by atoms with E-state index in [0.717, 1.165) is 12.8 Å². The number of aromatic nitrogens is 2. The van der Waals surface area contributed by atoms with Gasteiger partial charge in [-0.15, -0.1) is 10.2 Å². The van der Waals surface area contributed by atoms with Crippen molar-refractivity contribution in [3.63, 3.8) is 0 Å². The maximum Gasteiger partial charge on any atom is 0.338 e. The first-order chi connectivity index (χ1) is 12.4. The minimum absolute atomic E-state index is 0.0509. The van der Waals surface area contributed by atoms with E-state index >= 15 is 0 Å². The van der Waals surface area contributed by atoms with Crippen LogP contribution >= 0.6 is 0 Å². The Balaban J connectivity index is 1.83. The number of benzene rings is 1. The zero-order chi connectivity index (χ0) is 18.7. The first-order valence-corrected chi connectivity index (χ1v) is 9.50. The highest BCUT2D eigenvalue weighted by molar-refractivity contribution is 7.89. The molecule has 0 amide bonds. The number of rotatable bonds is 6. The normalized spacial score (nSPS) is 15.2. The minimum Gasteiger partial charge on any atom is -0.495 e. The number of hydrogen-bond acceptors (Lipinski definition) is 8. The molecule has 0 atom stereocenters. The highest BCUT2D eigenvalue weighted by Crippen LogP contribution is 2.30. The lowest BCUT2D eigenvalue weighted by Crippen LogP contribution is -2.28. The zero-order valence-corrected chi connectivity index (χ0v) is 15.3. The summed E-state index contributed by atoms with van der Waals surface area (Å²) in [6, 6.07) is 4.16. The zero-order valence-electron chi connectivity index (χ0n) is 14.5. The lowest BCUT2D eigenvalue weighted by molar-refractivity contribution is 0.0436. The summed E-state index contributed by atoms with van der Waals surface area (Å²) in [5.41, 5.74) is 0.0970. The number of esters is 1. The Morgan fingerprint density at radius 1 is 1.27 bits per heavy atom. The third-order valence-electron chi connectivity index (χ3n) is 3.98. The molecule has 3 rings (SSSR count). The van der Waals surface area contributed by atoms with Gasteiger partial charge in [0.2, 0.25) is 15.9 Å². The van der Waals surface area contributed by atoms with E-state index in [-0.39, 0.29) is 28.7 Å². The Hall–Kier alpha value is -2.46. The predicted octanol–water partition coefficient (Wildman–Crippen LogP) is 1.53. The monoisotopic (exact) mass is 381 g/mol. The van der Waals surface area contributed by atoms with Crippen molar-refractivity contribution in [1.29, 1.82) is 0 Å². The first kappa shape index (κ1) is 18.3. The highest BCUT2D eigenvalue weighted by atomic mass is 32.2. The summed E-state index contributed by atoms with van der Waals surface area (Å²) in [7, 11) is -2.36. The molecule has 1 aliphatic rings. The van der Waals surface area contributed by atoms with Gasteiger partial charge < -0.3 is 13.9 Å². The van der Waals surface area contributed by atoms with Crippen LogP contribution in [0.5, 0.6) is 5.75 Å². The third kappa shape index (κ3) is 3.70. The summed E-state index contributed by atoms with van der Waals surface area (Å²) in [6.45, 7) is 2.34. The molecule has 10 heteroatoms. The van der Waals surface area contributed by atoms with Gasteiger partial charge in [0.25, 0.3) is 5.89 Å². The van der Waals surface area contributed by atoms with Crippen molar-refractivity contribution in [1.82, 2.24) is 14.5 Å². The fraction of sp³-hybridized carbons (Fsp3) is 0.438. The lowest BCUT2D eigenvalue weighted by atomic mass is 10.2. The van der Waals surface area contributed by atoms with E-state index in [0.29, 0.717) is 19.0 Å². The van der Waals surface area contributed by atoms with Gasteiger partial charge in [-0.05, 0) is 31.0 Å². The molecular formula is C16H19N3O6S. The van der Waals surface area contributed by atoms with Gasteiger partial charge in [-0.25, -0.2) is 13.2 Å². The van der Waals surface area contributed by atoms with E-state index < -0.39 is 16.0 Å². The number of ether oxygens (including phenoxy) is 2. The van der Waals surface area contributed by atoms with Crippen LogP contribution < -0.4 is 4.74 Å². The van der Waals surface area contributed by atoms with Crippen LogP contribution in [0.25, 0.3) is 0 Å². The number of nitrogens with zero attached hydrogens (tertiary/aromatic N) is 3. The Morgan fingerprint density at radius 2 is 2.00 bits per heavy atom. The van der Waals surface area contributed by atoms with E-state index in [1.54, 1.807) is 6.92 Å². The minimum atomic E-state index is -3.74. The van der Waals surface area contributed by atoms with Gasteiger partial charge in [-0.1, -0.05) is 0 Å². The fourth-order valence-corrected chi connectivity index (χ4v) is 4.38. The van der Waals surface area contributed by atoms with Crippen molar-refractivity contribution in [3.05, 3.63) is 35.5 Å². The van der Waals surface area contributed by atoms with Gasteiger partial charge in [0, 0.05) is 20.0 Å². The van der Waals surface area contributed by atoms with Crippen LogP contribution in [0, 0.1) is 6.92 Å². The molecule has 0 spiro atoms. The number of methoxy groups -OCH3 is 1. The molecule has 0 unspecified atom stereocenters. The van der Waals surface area contributed by atoms with Crippen LogP contribution in [0.1, 0.15) is 35.0 Å². The third-order valence-corrected chi connectivity index (χ3v) is 5.90. The maximum absolute atomic E-state index is 12.8. The second-order valence-electron chi connectivity index (χ2n) is 5.77. The first-order valence-electron chi connectivity index (χ1n) is 8.06. The Morgan fingerprint density at radius 3 is 2.62 bits per heavy atom. The summed E-state index contributed by atoms with van der Waals surface area (Å²) >= 11 is 0. The van der Waals surface area contributed by atoms with Gasteiger partial charge in [-0.2, -0.15) is 4.31 Å². The molecule has 1 aliphatic heterocycles. The van der Waals surface area contributed by atoms with E-state index in [1.807, 2.05) is 0 Å². The molecule has 26 heavy (non-hydrogen) atoms. The molecular weight excluding hydrogens is 362 g/mol. The molecule has 0 N–H and O–H groups in total. The molecule has 2 heterocycles. The van der Waals surface area contributed by atoms with Crippen molar-refractivity contribution < 1.29 is 27.1 Å². The van der Waals surface area contributed by atoms with Crippen molar-refractivity contribution in [3.8, 4) is 5.75 Å². The molecule has 0 saturated carbocycles. The van der Waals surface area contributed by atoms with E-state index in [4.69, 9.17) is 13.9 Å². The molecule has 1 aromatic carbocycles. The second-order valence-corrected chi connectivity index (χ2v) is 7.67. The van der Waals surface area contributed by atoms with Crippen molar-refractivity contribution >= 4 is 16.0 Å². The van der Waals surface area contributed by atoms with Crippen LogP contribution in [0.4, 0.5) is 0 Å². The van der Waals surface area contributed by atoms with E-state index in [2.05, 4.69) is 10.2 Å². The van der Waals surface area contributed by atoms with Crippen LogP contribution in [-0.2, 0) is 21.4 Å². The summed E-state index contributed by atoms with van der Waals surface area (Å²) in [5.74, 6) is 0.0103. The van der Waals surface area contributed by atoms with Crippen molar-refractivity contribution in [2.45, 2.75) is 31.3 Å². The number of sulfonamides is 1. The Bertz CT molecular complexity index is 902. The fourth-order valence-electron chi connectivity index (χ4n) is 2.68. The van der Waals surface area contributed by atoms with Crippen LogP contribution in [0.2, 0.25) is 0 Å². The molecule has 140 valence electrons. The van der Waals surface area contributed by atoms with Gasteiger partial charge in [0.1, 0.15) is 10.6 Å². The topological polar surface area (TPSA) is 112 Å². The molecule has 1 aromatic heterocycles. The smallest absolute Gasteiger partial charge is 0.338 e. The Kier molecular flexibility index (Phi) is 5.23. The highest BCUT2D eigenvalue weighted by Gasteiger charge is 2.30. The molecule has 1 saturated heterocycles. The number of carbonyl (C=O) groups excluding carboxylic acids is 1. The number of hydrogen-bond donors (Lipinski definition) is 0. The molecule has 0 radical (unpaired) electrons. The molecule has 2 aromatic rings. The van der Waals surface area contributed by atoms with Crippen molar-refractivity contribution in [2.24, 2.45) is 0 Å². The van der Waals surface area contributed by atoms with Gasteiger partial charge in [-0.3, -0.25) is 0 Å². The summed E-state index contributed by atoms with van der Waals surface area (Å²) < 4.78 is 42.5. The van der Waals surface area contributed by atoms with Crippen LogP contribution in [0.3, 0.4) is 0 Å². The predicted molar refractivity (Wildman–Crippen MR) is 89.1 cm³/mol. The largest absolute Gasteiger partial charge is 0.495 e. The SMILES string of the molecule is COc1ccc(C(=O)OCc2nnc(C)o2)cc1S(=O)(=O)N1CCCC1. The molecule has 1 fully saturated rings. The number of carbonyl (C=O) groups is 1.